The van der Waals surface area contributed by atoms with Crippen molar-refractivity contribution in [1.82, 2.24) is 5.16 Å². The van der Waals surface area contributed by atoms with Gasteiger partial charge in [0.05, 0.1) is 10.8 Å². The summed E-state index contributed by atoms with van der Waals surface area (Å²) < 4.78 is 5.07. The normalized spacial score (nSPS) is 13.5. The fourth-order valence-corrected chi connectivity index (χ4v) is 2.74. The molecule has 0 saturated heterocycles. The Labute approximate surface area is 132 Å². The number of aromatic nitrogens is 1. The van der Waals surface area contributed by atoms with Crippen LogP contribution in [0, 0.1) is 27.2 Å². The average molecular weight is 319 g/mol. The van der Waals surface area contributed by atoms with E-state index in [1.165, 1.54) is 6.92 Å². The molecule has 0 fully saturated rings. The van der Waals surface area contributed by atoms with Gasteiger partial charge in [-0.1, -0.05) is 42.4 Å². The molecule has 122 valence electrons. The molecule has 0 N–H and O–H groups in total. The molecule has 0 amide bonds. The fourth-order valence-electron chi connectivity index (χ4n) is 2.74. The summed E-state index contributed by atoms with van der Waals surface area (Å²) in [6, 6.07) is 8.10. The largest absolute Gasteiger partial charge is 0.354 e. The Hall–Kier alpha value is -2.77. The van der Waals surface area contributed by atoms with Gasteiger partial charge in [0.2, 0.25) is 11.8 Å². The predicted molar refractivity (Wildman–Crippen MR) is 81.9 cm³/mol. The Kier molecular flexibility index (Phi) is 5.05. The monoisotopic (exact) mass is 319 g/mol. The highest BCUT2D eigenvalue weighted by Crippen LogP contribution is 2.32. The van der Waals surface area contributed by atoms with E-state index < -0.39 is 16.9 Å². The second kappa shape index (κ2) is 6.99. The maximum Gasteiger partial charge on any atom is 0.334 e. The first-order chi connectivity index (χ1) is 11.0. The number of hydrogen-bond acceptors (Lipinski definition) is 6. The van der Waals surface area contributed by atoms with E-state index in [9.17, 15) is 20.2 Å². The number of nitrogens with zero attached hydrogens (tertiary/aromatic N) is 3. The maximum absolute atomic E-state index is 11.4. The lowest BCUT2D eigenvalue weighted by Gasteiger charge is -2.19. The molecule has 2 aromatic rings. The summed E-state index contributed by atoms with van der Waals surface area (Å²) in [7, 11) is 0. The highest BCUT2D eigenvalue weighted by molar-refractivity contribution is 5.39. The van der Waals surface area contributed by atoms with E-state index in [1.54, 1.807) is 31.2 Å². The summed E-state index contributed by atoms with van der Waals surface area (Å²) in [5.41, 5.74) is 0.717. The van der Waals surface area contributed by atoms with Gasteiger partial charge in [0, 0.05) is 17.8 Å². The Balaban J connectivity index is 2.43. The Bertz CT molecular complexity index is 698. The van der Waals surface area contributed by atoms with Crippen LogP contribution in [0.1, 0.15) is 36.3 Å². The lowest BCUT2D eigenvalue weighted by molar-refractivity contribution is -0.527. The smallest absolute Gasteiger partial charge is 0.334 e. The zero-order valence-electron chi connectivity index (χ0n) is 12.8. The molecule has 23 heavy (non-hydrogen) atoms. The summed E-state index contributed by atoms with van der Waals surface area (Å²) in [6.45, 7) is 3.21. The van der Waals surface area contributed by atoms with Crippen LogP contribution in [-0.4, -0.2) is 21.0 Å². The molecule has 0 aliphatic carbocycles. The maximum atomic E-state index is 11.4. The van der Waals surface area contributed by atoms with Gasteiger partial charge in [-0.15, -0.1) is 0 Å². The summed E-state index contributed by atoms with van der Waals surface area (Å²) in [5, 5.41) is 26.2. The molecule has 0 unspecified atom stereocenters. The summed E-state index contributed by atoms with van der Waals surface area (Å²) in [6.07, 6.45) is 0.369. The van der Waals surface area contributed by atoms with Crippen LogP contribution in [0.5, 0.6) is 0 Å². The van der Waals surface area contributed by atoms with E-state index in [1.807, 2.05) is 6.07 Å². The number of benzene rings is 1. The van der Waals surface area contributed by atoms with Crippen LogP contribution in [0.3, 0.4) is 0 Å². The van der Waals surface area contributed by atoms with E-state index in [0.29, 0.717) is 6.42 Å². The third-order valence-electron chi connectivity index (χ3n) is 3.87. The van der Waals surface area contributed by atoms with Crippen LogP contribution in [-0.2, 0) is 6.42 Å². The lowest BCUT2D eigenvalue weighted by Crippen LogP contribution is -2.28. The summed E-state index contributed by atoms with van der Waals surface area (Å²) >= 11 is 0. The van der Waals surface area contributed by atoms with E-state index in [0.717, 1.165) is 5.56 Å². The first-order valence-electron chi connectivity index (χ1n) is 7.23. The van der Waals surface area contributed by atoms with Crippen molar-refractivity contribution >= 4 is 5.69 Å². The molecule has 1 aromatic carbocycles. The van der Waals surface area contributed by atoms with Crippen molar-refractivity contribution in [2.45, 2.75) is 38.6 Å². The molecule has 0 aliphatic rings. The summed E-state index contributed by atoms with van der Waals surface area (Å²) in [4.78, 5) is 21.7. The number of aryl methyl sites for hydroxylation is 1. The molecule has 8 nitrogen and oxygen atoms in total. The molecule has 0 aliphatic heterocycles. The minimum Gasteiger partial charge on any atom is -0.354 e. The van der Waals surface area contributed by atoms with E-state index in [-0.39, 0.29) is 28.5 Å². The van der Waals surface area contributed by atoms with Crippen molar-refractivity contribution in [2.75, 3.05) is 0 Å². The van der Waals surface area contributed by atoms with E-state index in [4.69, 9.17) is 4.52 Å². The van der Waals surface area contributed by atoms with Gasteiger partial charge in [-0.2, -0.15) is 0 Å². The molecule has 1 heterocycles. The van der Waals surface area contributed by atoms with Gasteiger partial charge < -0.3 is 4.52 Å². The highest BCUT2D eigenvalue weighted by atomic mass is 16.6. The lowest BCUT2D eigenvalue weighted by atomic mass is 9.86. The van der Waals surface area contributed by atoms with Gasteiger partial charge >= 0.3 is 5.69 Å². The Morgan fingerprint density at radius 3 is 2.39 bits per heavy atom. The van der Waals surface area contributed by atoms with Crippen molar-refractivity contribution in [3.63, 3.8) is 0 Å². The van der Waals surface area contributed by atoms with E-state index >= 15 is 0 Å². The molecule has 1 aromatic heterocycles. The number of nitro groups is 2. The van der Waals surface area contributed by atoms with Gasteiger partial charge in [0.25, 0.3) is 0 Å². The number of rotatable bonds is 7. The molecule has 2 rings (SSSR count). The van der Waals surface area contributed by atoms with Crippen LogP contribution >= 0.6 is 0 Å². The van der Waals surface area contributed by atoms with Crippen LogP contribution in [0.2, 0.25) is 0 Å². The third kappa shape index (κ3) is 3.53. The van der Waals surface area contributed by atoms with Crippen molar-refractivity contribution < 1.29 is 14.4 Å². The first kappa shape index (κ1) is 16.6. The van der Waals surface area contributed by atoms with Crippen molar-refractivity contribution in [3.8, 4) is 0 Å². The molecule has 0 bridgehead atoms. The van der Waals surface area contributed by atoms with Crippen molar-refractivity contribution in [2.24, 2.45) is 0 Å². The first-order valence-corrected chi connectivity index (χ1v) is 7.23. The molecular formula is C15H17N3O5. The second-order valence-corrected chi connectivity index (χ2v) is 5.28. The molecule has 2 atom stereocenters. The fraction of sp³-hybridized carbons (Fsp3) is 0.400. The van der Waals surface area contributed by atoms with Crippen LogP contribution in [0.4, 0.5) is 5.69 Å². The zero-order chi connectivity index (χ0) is 17.0. The van der Waals surface area contributed by atoms with Crippen LogP contribution in [0.25, 0.3) is 0 Å². The van der Waals surface area contributed by atoms with Crippen molar-refractivity contribution in [1.29, 1.82) is 0 Å². The zero-order valence-corrected chi connectivity index (χ0v) is 12.8. The van der Waals surface area contributed by atoms with Gasteiger partial charge in [0.1, 0.15) is 0 Å². The number of hydrogen-bond donors (Lipinski definition) is 0. The molecule has 0 spiro atoms. The molecular weight excluding hydrogens is 302 g/mol. The average Bonchev–Trinajstić information content (AvgIpc) is 2.88. The van der Waals surface area contributed by atoms with Gasteiger partial charge in [0.15, 0.2) is 5.69 Å². The molecule has 0 saturated carbocycles. The molecule has 8 heteroatoms. The predicted octanol–water partition coefficient (Wildman–Crippen LogP) is 3.27. The molecule has 0 radical (unpaired) electrons. The van der Waals surface area contributed by atoms with Crippen molar-refractivity contribution in [3.05, 3.63) is 67.6 Å². The minimum absolute atomic E-state index is 0.0562. The third-order valence-corrected chi connectivity index (χ3v) is 3.87. The standard InChI is InChI=1S/C15H17N3O5/c1-3-13(17(19)20)12(11-7-5-4-6-8-11)9-14-15(18(21)22)10(2)16-23-14/h4-8,12-13H,3,9H2,1-2H3/t12-,13-/m0/s1. The van der Waals surface area contributed by atoms with E-state index in [2.05, 4.69) is 5.16 Å². The Morgan fingerprint density at radius 2 is 1.87 bits per heavy atom. The Morgan fingerprint density at radius 1 is 1.22 bits per heavy atom. The quantitative estimate of drug-likeness (QED) is 0.571. The minimum atomic E-state index is -0.859. The van der Waals surface area contributed by atoms with Gasteiger partial charge in [-0.05, 0) is 12.5 Å². The second-order valence-electron chi connectivity index (χ2n) is 5.28. The van der Waals surface area contributed by atoms with Gasteiger partial charge in [-0.3, -0.25) is 20.2 Å². The topological polar surface area (TPSA) is 112 Å². The van der Waals surface area contributed by atoms with Crippen LogP contribution < -0.4 is 0 Å². The SMILES string of the molecule is CC[C@@H]([C@@H](Cc1onc(C)c1[N+](=O)[O-])c1ccccc1)[N+](=O)[O-]. The highest BCUT2D eigenvalue weighted by Gasteiger charge is 2.35. The van der Waals surface area contributed by atoms with Crippen LogP contribution in [0.15, 0.2) is 34.9 Å². The van der Waals surface area contributed by atoms with Gasteiger partial charge in [-0.25, -0.2) is 0 Å². The summed E-state index contributed by atoms with van der Waals surface area (Å²) in [5.74, 6) is -0.455.